The minimum Gasteiger partial charge on any atom is -0.375 e. The lowest BCUT2D eigenvalue weighted by Gasteiger charge is -2.19. The summed E-state index contributed by atoms with van der Waals surface area (Å²) >= 11 is 1.76. The van der Waals surface area contributed by atoms with Crippen molar-refractivity contribution in [2.45, 2.75) is 19.9 Å². The summed E-state index contributed by atoms with van der Waals surface area (Å²) in [7, 11) is 5.58. The van der Waals surface area contributed by atoms with Gasteiger partial charge >= 0.3 is 0 Å². The highest BCUT2D eigenvalue weighted by Gasteiger charge is 2.06. The van der Waals surface area contributed by atoms with Gasteiger partial charge in [0.05, 0.1) is 6.54 Å². The Morgan fingerprint density at radius 3 is 2.41 bits per heavy atom. The molecule has 0 atom stereocenters. The van der Waals surface area contributed by atoms with Gasteiger partial charge < -0.3 is 20.4 Å². The summed E-state index contributed by atoms with van der Waals surface area (Å²) in [4.78, 5) is 22.6. The maximum Gasteiger partial charge on any atom is 0.243 e. The maximum atomic E-state index is 11.9. The summed E-state index contributed by atoms with van der Waals surface area (Å²) < 4.78 is 0. The molecule has 8 heteroatoms. The summed E-state index contributed by atoms with van der Waals surface area (Å²) in [5.74, 6) is 0.653. The van der Waals surface area contributed by atoms with Crippen LogP contribution in [0.5, 0.6) is 0 Å². The van der Waals surface area contributed by atoms with Gasteiger partial charge in [0.15, 0.2) is 5.96 Å². The molecule has 0 bridgehead atoms. The number of hydrogen-bond donors (Lipinski definition) is 2. The van der Waals surface area contributed by atoms with Gasteiger partial charge in [-0.15, -0.1) is 35.3 Å². The molecule has 0 aliphatic heterocycles. The van der Waals surface area contributed by atoms with Crippen LogP contribution in [0.25, 0.3) is 0 Å². The fourth-order valence-electron chi connectivity index (χ4n) is 2.55. The van der Waals surface area contributed by atoms with Crippen LogP contribution in [0, 0.1) is 6.92 Å². The number of rotatable bonds is 9. The zero-order valence-electron chi connectivity index (χ0n) is 17.6. The number of benzene rings is 1. The van der Waals surface area contributed by atoms with Crippen molar-refractivity contribution < 1.29 is 4.79 Å². The molecule has 0 saturated heterocycles. The van der Waals surface area contributed by atoms with E-state index in [1.165, 1.54) is 15.4 Å². The Labute approximate surface area is 195 Å². The minimum atomic E-state index is -0.0168. The summed E-state index contributed by atoms with van der Waals surface area (Å²) in [6.45, 7) is 4.65. The van der Waals surface area contributed by atoms with Crippen molar-refractivity contribution in [2.24, 2.45) is 4.99 Å². The maximum absolute atomic E-state index is 11.9. The highest BCUT2D eigenvalue weighted by atomic mass is 127. The topological polar surface area (TPSA) is 60.0 Å². The number of carbonyl (C=O) groups is 1. The smallest absolute Gasteiger partial charge is 0.243 e. The summed E-state index contributed by atoms with van der Waals surface area (Å²) in [5, 5.41) is 6.67. The van der Waals surface area contributed by atoms with E-state index >= 15 is 0 Å². The van der Waals surface area contributed by atoms with Crippen molar-refractivity contribution in [3.63, 3.8) is 0 Å². The predicted octanol–water partition coefficient (Wildman–Crippen LogP) is 3.32. The second-order valence-electron chi connectivity index (χ2n) is 6.86. The second-order valence-corrected chi connectivity index (χ2v) is 8.23. The number of anilines is 1. The molecule has 0 radical (unpaired) electrons. The van der Waals surface area contributed by atoms with E-state index in [0.717, 1.165) is 19.5 Å². The molecule has 1 heterocycles. The molecular formula is C21H32IN5OS. The molecule has 2 rings (SSSR count). The average Bonchev–Trinajstić information content (AvgIpc) is 3.11. The number of para-hydroxylation sites is 1. The fourth-order valence-corrected chi connectivity index (χ4v) is 3.38. The van der Waals surface area contributed by atoms with Gasteiger partial charge in [0.1, 0.15) is 6.54 Å². The van der Waals surface area contributed by atoms with Crippen LogP contribution in [-0.2, 0) is 11.3 Å². The number of aryl methyl sites for hydroxylation is 1. The number of likely N-dealkylation sites (N-methyl/N-ethyl adjacent to an activating group) is 1. The normalized spacial score (nSPS) is 10.8. The first-order valence-corrected chi connectivity index (χ1v) is 10.3. The number of guanidine groups is 1. The van der Waals surface area contributed by atoms with Gasteiger partial charge in [-0.05, 0) is 37.6 Å². The highest BCUT2D eigenvalue weighted by molar-refractivity contribution is 14.0. The molecular weight excluding hydrogens is 497 g/mol. The summed E-state index contributed by atoms with van der Waals surface area (Å²) in [6.07, 6.45) is 0.964. The monoisotopic (exact) mass is 529 g/mol. The van der Waals surface area contributed by atoms with E-state index in [9.17, 15) is 4.79 Å². The molecule has 0 spiro atoms. The van der Waals surface area contributed by atoms with Gasteiger partial charge in [-0.3, -0.25) is 4.79 Å². The predicted molar refractivity (Wildman–Crippen MR) is 135 cm³/mol. The number of nitrogens with one attached hydrogen (secondary N) is 2. The first kappa shape index (κ1) is 25.2. The van der Waals surface area contributed by atoms with Gasteiger partial charge in [-0.2, -0.15) is 0 Å². The van der Waals surface area contributed by atoms with Gasteiger partial charge in [-0.1, -0.05) is 18.2 Å². The van der Waals surface area contributed by atoms with Crippen LogP contribution >= 0.6 is 35.3 Å². The zero-order chi connectivity index (χ0) is 20.4. The van der Waals surface area contributed by atoms with Crippen LogP contribution in [0.15, 0.2) is 47.5 Å². The molecule has 6 nitrogen and oxygen atoms in total. The van der Waals surface area contributed by atoms with E-state index in [-0.39, 0.29) is 36.4 Å². The number of nitrogens with zero attached hydrogens (tertiary/aromatic N) is 3. The van der Waals surface area contributed by atoms with Crippen molar-refractivity contribution in [1.82, 2.24) is 15.5 Å². The molecule has 0 saturated carbocycles. The van der Waals surface area contributed by atoms with E-state index in [1.54, 1.807) is 30.3 Å². The van der Waals surface area contributed by atoms with Crippen molar-refractivity contribution in [3.8, 4) is 0 Å². The van der Waals surface area contributed by atoms with Crippen LogP contribution in [0.2, 0.25) is 0 Å². The van der Waals surface area contributed by atoms with Crippen LogP contribution in [0.4, 0.5) is 5.69 Å². The molecule has 2 N–H and O–H groups in total. The largest absolute Gasteiger partial charge is 0.375 e. The van der Waals surface area contributed by atoms with Crippen LogP contribution in [-0.4, -0.2) is 57.5 Å². The standard InChI is InChI=1S/C21H31N5OS.HI/c1-17-11-12-19(28-17)15-23-21(24-16-20(27)25(2)3)22-13-8-14-26(4)18-9-6-5-7-10-18;/h5-7,9-12H,8,13-16H2,1-4H3,(H2,22,23,24);1H. The number of amides is 1. The van der Waals surface area contributed by atoms with Crippen LogP contribution < -0.4 is 15.5 Å². The molecule has 0 aliphatic carbocycles. The quantitative estimate of drug-likeness (QED) is 0.227. The van der Waals surface area contributed by atoms with Crippen molar-refractivity contribution in [1.29, 1.82) is 0 Å². The molecule has 1 amide bonds. The summed E-state index contributed by atoms with van der Waals surface area (Å²) in [5.41, 5.74) is 1.21. The lowest BCUT2D eigenvalue weighted by atomic mass is 10.3. The number of halogens is 1. The van der Waals surface area contributed by atoms with Gasteiger partial charge in [0.25, 0.3) is 0 Å². The molecule has 1 aromatic carbocycles. The zero-order valence-corrected chi connectivity index (χ0v) is 20.8. The minimum absolute atomic E-state index is 0. The molecule has 160 valence electrons. The Bertz CT molecular complexity index is 763. The van der Waals surface area contributed by atoms with Crippen LogP contribution in [0.3, 0.4) is 0 Å². The van der Waals surface area contributed by atoms with Crippen molar-refractivity contribution >= 4 is 52.9 Å². The fraction of sp³-hybridized carbons (Fsp3) is 0.429. The van der Waals surface area contributed by atoms with Gasteiger partial charge in [0.2, 0.25) is 5.91 Å². The SMILES string of the molecule is Cc1ccc(CNC(=NCC(=O)N(C)C)NCCCN(C)c2ccccc2)s1.I. The van der Waals surface area contributed by atoms with E-state index in [1.807, 2.05) is 18.2 Å². The molecule has 0 unspecified atom stereocenters. The third-order valence-corrected chi connectivity index (χ3v) is 5.26. The lowest BCUT2D eigenvalue weighted by Crippen LogP contribution is -2.39. The molecule has 29 heavy (non-hydrogen) atoms. The third-order valence-electron chi connectivity index (χ3n) is 4.26. The highest BCUT2D eigenvalue weighted by Crippen LogP contribution is 2.14. The first-order valence-electron chi connectivity index (χ1n) is 9.49. The number of hydrogen-bond acceptors (Lipinski definition) is 4. The molecule has 0 fully saturated rings. The Kier molecular flexibility index (Phi) is 11.7. The van der Waals surface area contributed by atoms with E-state index in [4.69, 9.17) is 0 Å². The van der Waals surface area contributed by atoms with E-state index in [2.05, 4.69) is 58.8 Å². The Hall–Kier alpha value is -1.81. The number of carbonyl (C=O) groups excluding carboxylic acids is 1. The van der Waals surface area contributed by atoms with E-state index < -0.39 is 0 Å². The Morgan fingerprint density at radius 1 is 1.07 bits per heavy atom. The molecule has 1 aromatic heterocycles. The summed E-state index contributed by atoms with van der Waals surface area (Å²) in [6, 6.07) is 14.6. The third kappa shape index (κ3) is 9.49. The molecule has 0 aliphatic rings. The van der Waals surface area contributed by atoms with Gasteiger partial charge in [-0.25, -0.2) is 4.99 Å². The first-order chi connectivity index (χ1) is 13.5. The molecule has 2 aromatic rings. The lowest BCUT2D eigenvalue weighted by molar-refractivity contribution is -0.127. The van der Waals surface area contributed by atoms with Crippen molar-refractivity contribution in [3.05, 3.63) is 52.2 Å². The second kappa shape index (κ2) is 13.4. The number of thiophene rings is 1. The van der Waals surface area contributed by atoms with Crippen molar-refractivity contribution in [2.75, 3.05) is 45.7 Å². The number of aliphatic imine (C=N–C) groups is 1. The van der Waals surface area contributed by atoms with Gasteiger partial charge in [0, 0.05) is 49.7 Å². The van der Waals surface area contributed by atoms with E-state index in [0.29, 0.717) is 12.5 Å². The Morgan fingerprint density at radius 2 is 1.79 bits per heavy atom. The average molecular weight is 529 g/mol. The van der Waals surface area contributed by atoms with Crippen LogP contribution in [0.1, 0.15) is 16.2 Å². The Balaban J connectivity index is 0.00000420.